The smallest absolute Gasteiger partial charge is 0.144 e. The Labute approximate surface area is 106 Å². The quantitative estimate of drug-likeness (QED) is 0.690. The molecule has 3 aromatic rings. The third kappa shape index (κ3) is 1.61. The van der Waals surface area contributed by atoms with Crippen molar-refractivity contribution >= 4 is 11.0 Å². The van der Waals surface area contributed by atoms with Crippen LogP contribution >= 0.6 is 0 Å². The summed E-state index contributed by atoms with van der Waals surface area (Å²) in [6.45, 7) is 4.23. The molecule has 0 bridgehead atoms. The third-order valence-electron chi connectivity index (χ3n) is 3.18. The second-order valence-electron chi connectivity index (χ2n) is 4.79. The molecular formula is C14H16N4. The molecule has 0 fully saturated rings. The number of benzene rings is 1. The van der Waals surface area contributed by atoms with Crippen molar-refractivity contribution in [1.29, 1.82) is 0 Å². The number of aromatic nitrogens is 4. The number of aryl methyl sites for hydroxylation is 1. The molecule has 18 heavy (non-hydrogen) atoms. The Kier molecular flexibility index (Phi) is 2.44. The van der Waals surface area contributed by atoms with E-state index in [4.69, 9.17) is 0 Å². The molecule has 0 saturated carbocycles. The highest BCUT2D eigenvalue weighted by molar-refractivity contribution is 5.80. The fourth-order valence-corrected chi connectivity index (χ4v) is 2.14. The molecule has 0 unspecified atom stereocenters. The summed E-state index contributed by atoms with van der Waals surface area (Å²) in [4.78, 5) is 4.66. The van der Waals surface area contributed by atoms with Crippen molar-refractivity contribution in [3.8, 4) is 11.4 Å². The number of imidazole rings is 1. The Hall–Kier alpha value is -2.10. The molecule has 3 rings (SSSR count). The lowest BCUT2D eigenvalue weighted by Crippen LogP contribution is -1.99. The number of nitrogens with zero attached hydrogens (tertiary/aromatic N) is 4. The average molecular weight is 240 g/mol. The molecule has 4 nitrogen and oxygen atoms in total. The van der Waals surface area contributed by atoms with Crippen LogP contribution in [0.1, 0.15) is 19.9 Å². The van der Waals surface area contributed by atoms with Crippen LogP contribution in [0.4, 0.5) is 0 Å². The maximum Gasteiger partial charge on any atom is 0.144 e. The molecule has 0 atom stereocenters. The van der Waals surface area contributed by atoms with Crippen LogP contribution < -0.4 is 0 Å². The molecule has 2 heterocycles. The lowest BCUT2D eigenvalue weighted by Gasteiger charge is -2.03. The largest absolute Gasteiger partial charge is 0.327 e. The fraction of sp³-hybridized carbons (Fsp3) is 0.286. The fourth-order valence-electron chi connectivity index (χ4n) is 2.14. The Morgan fingerprint density at radius 1 is 1.17 bits per heavy atom. The monoisotopic (exact) mass is 240 g/mol. The predicted octanol–water partition coefficient (Wildman–Crippen LogP) is 3.02. The van der Waals surface area contributed by atoms with Crippen LogP contribution in [0, 0.1) is 0 Å². The molecule has 0 radical (unpaired) electrons. The van der Waals surface area contributed by atoms with Gasteiger partial charge in [-0.3, -0.25) is 4.68 Å². The Morgan fingerprint density at radius 3 is 2.61 bits per heavy atom. The Balaban J connectivity index is 2.15. The zero-order chi connectivity index (χ0) is 12.7. The second-order valence-corrected chi connectivity index (χ2v) is 4.79. The first-order valence-electron chi connectivity index (χ1n) is 6.13. The SMILES string of the molecule is CC(C)n1cc(-c2nc3ccccc3n2C)cn1. The van der Waals surface area contributed by atoms with Crippen LogP contribution in [-0.2, 0) is 7.05 Å². The summed E-state index contributed by atoms with van der Waals surface area (Å²) >= 11 is 0. The number of rotatable bonds is 2. The number of para-hydroxylation sites is 2. The predicted molar refractivity (Wildman–Crippen MR) is 72.3 cm³/mol. The molecule has 0 aliphatic heterocycles. The molecule has 4 heteroatoms. The van der Waals surface area contributed by atoms with Gasteiger partial charge in [-0.15, -0.1) is 0 Å². The highest BCUT2D eigenvalue weighted by Crippen LogP contribution is 2.23. The molecule has 2 aromatic heterocycles. The van der Waals surface area contributed by atoms with Gasteiger partial charge in [-0.05, 0) is 26.0 Å². The minimum Gasteiger partial charge on any atom is -0.327 e. The van der Waals surface area contributed by atoms with Gasteiger partial charge < -0.3 is 4.57 Å². The van der Waals surface area contributed by atoms with E-state index < -0.39 is 0 Å². The first-order valence-corrected chi connectivity index (χ1v) is 6.13. The summed E-state index contributed by atoms with van der Waals surface area (Å²) in [6, 6.07) is 8.53. The highest BCUT2D eigenvalue weighted by Gasteiger charge is 2.11. The van der Waals surface area contributed by atoms with E-state index >= 15 is 0 Å². The minimum absolute atomic E-state index is 0.369. The van der Waals surface area contributed by atoms with Gasteiger partial charge in [0.05, 0.1) is 22.8 Å². The van der Waals surface area contributed by atoms with E-state index in [9.17, 15) is 0 Å². The van der Waals surface area contributed by atoms with Crippen molar-refractivity contribution in [1.82, 2.24) is 19.3 Å². The van der Waals surface area contributed by atoms with Crippen LogP contribution in [0.3, 0.4) is 0 Å². The van der Waals surface area contributed by atoms with Crippen molar-refractivity contribution in [2.45, 2.75) is 19.9 Å². The normalized spacial score (nSPS) is 11.6. The van der Waals surface area contributed by atoms with Gasteiger partial charge in [0.25, 0.3) is 0 Å². The summed E-state index contributed by atoms with van der Waals surface area (Å²) in [6.07, 6.45) is 3.92. The van der Waals surface area contributed by atoms with E-state index in [-0.39, 0.29) is 0 Å². The average Bonchev–Trinajstić information content (AvgIpc) is 2.95. The van der Waals surface area contributed by atoms with Gasteiger partial charge in [0.1, 0.15) is 5.82 Å². The molecule has 0 aliphatic carbocycles. The van der Waals surface area contributed by atoms with Crippen LogP contribution in [0.15, 0.2) is 36.7 Å². The number of hydrogen-bond acceptors (Lipinski definition) is 2. The number of fused-ring (bicyclic) bond motifs is 1. The summed E-state index contributed by atoms with van der Waals surface area (Å²) in [5.41, 5.74) is 3.22. The Morgan fingerprint density at radius 2 is 1.94 bits per heavy atom. The molecule has 0 amide bonds. The van der Waals surface area contributed by atoms with E-state index in [1.54, 1.807) is 0 Å². The van der Waals surface area contributed by atoms with Gasteiger partial charge in [-0.1, -0.05) is 12.1 Å². The van der Waals surface area contributed by atoms with Gasteiger partial charge in [-0.2, -0.15) is 5.10 Å². The standard InChI is InChI=1S/C14H16N4/c1-10(2)18-9-11(8-15-18)14-16-12-6-4-5-7-13(12)17(14)3/h4-10H,1-3H3. The van der Waals surface area contributed by atoms with Crippen LogP contribution in [-0.4, -0.2) is 19.3 Å². The maximum atomic E-state index is 4.66. The van der Waals surface area contributed by atoms with E-state index in [0.29, 0.717) is 6.04 Å². The minimum atomic E-state index is 0.369. The molecule has 0 saturated heterocycles. The molecule has 0 N–H and O–H groups in total. The summed E-state index contributed by atoms with van der Waals surface area (Å²) < 4.78 is 4.06. The maximum absolute atomic E-state index is 4.66. The van der Waals surface area contributed by atoms with Crippen molar-refractivity contribution in [3.63, 3.8) is 0 Å². The zero-order valence-corrected chi connectivity index (χ0v) is 10.8. The van der Waals surface area contributed by atoms with Crippen molar-refractivity contribution < 1.29 is 0 Å². The van der Waals surface area contributed by atoms with E-state index in [2.05, 4.69) is 34.6 Å². The third-order valence-corrected chi connectivity index (χ3v) is 3.18. The van der Waals surface area contributed by atoms with E-state index in [0.717, 1.165) is 22.4 Å². The van der Waals surface area contributed by atoms with Gasteiger partial charge >= 0.3 is 0 Å². The van der Waals surface area contributed by atoms with Crippen LogP contribution in [0.2, 0.25) is 0 Å². The van der Waals surface area contributed by atoms with Crippen LogP contribution in [0.5, 0.6) is 0 Å². The molecule has 0 spiro atoms. The van der Waals surface area contributed by atoms with Gasteiger partial charge in [0.2, 0.25) is 0 Å². The van der Waals surface area contributed by atoms with Gasteiger partial charge in [0.15, 0.2) is 0 Å². The van der Waals surface area contributed by atoms with Crippen molar-refractivity contribution in [2.75, 3.05) is 0 Å². The van der Waals surface area contributed by atoms with E-state index in [1.807, 2.05) is 42.3 Å². The van der Waals surface area contributed by atoms with Gasteiger partial charge in [0, 0.05) is 19.3 Å². The lowest BCUT2D eigenvalue weighted by molar-refractivity contribution is 0.532. The first-order chi connectivity index (χ1) is 8.66. The summed E-state index contributed by atoms with van der Waals surface area (Å²) in [5, 5.41) is 4.37. The van der Waals surface area contributed by atoms with E-state index in [1.165, 1.54) is 0 Å². The van der Waals surface area contributed by atoms with Crippen LogP contribution in [0.25, 0.3) is 22.4 Å². The summed E-state index contributed by atoms with van der Waals surface area (Å²) in [5.74, 6) is 0.961. The molecule has 0 aliphatic rings. The van der Waals surface area contributed by atoms with Crippen molar-refractivity contribution in [2.24, 2.45) is 7.05 Å². The zero-order valence-electron chi connectivity index (χ0n) is 10.8. The second kappa shape index (κ2) is 3.98. The highest BCUT2D eigenvalue weighted by atomic mass is 15.3. The first kappa shape index (κ1) is 11.0. The molecular weight excluding hydrogens is 224 g/mol. The topological polar surface area (TPSA) is 35.6 Å². The number of hydrogen-bond donors (Lipinski definition) is 0. The molecule has 1 aromatic carbocycles. The summed E-state index contributed by atoms with van der Waals surface area (Å²) in [7, 11) is 2.04. The molecule has 92 valence electrons. The lowest BCUT2D eigenvalue weighted by atomic mass is 10.3. The van der Waals surface area contributed by atoms with Gasteiger partial charge in [-0.25, -0.2) is 4.98 Å². The Bertz CT molecular complexity index is 691. The van der Waals surface area contributed by atoms with Crippen molar-refractivity contribution in [3.05, 3.63) is 36.7 Å².